The highest BCUT2D eigenvalue weighted by atomic mass is 32.1. The van der Waals surface area contributed by atoms with Crippen LogP contribution in [0.15, 0.2) is 5.38 Å². The molecule has 2 rings (SSSR count). The van der Waals surface area contributed by atoms with Crippen molar-refractivity contribution in [1.82, 2.24) is 19.8 Å². The Bertz CT molecular complexity index is 479. The second kappa shape index (κ2) is 4.60. The van der Waals surface area contributed by atoms with Gasteiger partial charge in [-0.2, -0.15) is 0 Å². The average molecular weight is 256 g/mol. The van der Waals surface area contributed by atoms with Crippen LogP contribution in [0.25, 0.3) is 0 Å². The molecule has 1 atom stereocenters. The number of nitrogens with zero attached hydrogens (tertiary/aromatic N) is 4. The van der Waals surface area contributed by atoms with Crippen molar-refractivity contribution in [1.29, 1.82) is 0 Å². The van der Waals surface area contributed by atoms with Crippen LogP contribution in [-0.2, 0) is 0 Å². The van der Waals surface area contributed by atoms with Gasteiger partial charge in [-0.1, -0.05) is 9.59 Å². The van der Waals surface area contributed by atoms with E-state index in [4.69, 9.17) is 5.73 Å². The highest BCUT2D eigenvalue weighted by molar-refractivity contribution is 7.10. The van der Waals surface area contributed by atoms with E-state index in [9.17, 15) is 4.79 Å². The van der Waals surface area contributed by atoms with Crippen molar-refractivity contribution >= 4 is 33.9 Å². The Hall–Kier alpha value is -1.45. The second-order valence-corrected chi connectivity index (χ2v) is 4.60. The van der Waals surface area contributed by atoms with Crippen molar-refractivity contribution < 1.29 is 4.79 Å². The van der Waals surface area contributed by atoms with Crippen LogP contribution in [0.4, 0.5) is 5.13 Å². The summed E-state index contributed by atoms with van der Waals surface area (Å²) >= 11 is 2.36. The van der Waals surface area contributed by atoms with Crippen molar-refractivity contribution in [2.45, 2.75) is 13.0 Å². The Kier molecular flexibility index (Phi) is 3.17. The fourth-order valence-corrected chi connectivity index (χ4v) is 2.06. The van der Waals surface area contributed by atoms with E-state index in [2.05, 4.69) is 25.1 Å². The normalized spacial score (nSPS) is 12.4. The maximum absolute atomic E-state index is 11.7. The van der Waals surface area contributed by atoms with Crippen molar-refractivity contribution in [2.75, 3.05) is 5.32 Å². The minimum atomic E-state index is -0.332. The standard InChI is InChI=1S/C7H8N6OS2/c1-3(8)6-9-4(2-15-6)5(14)10-7-11-12-13-16-7/h2-3H,8H2,1H3,(H,10,11,13,14). The molecule has 2 aromatic rings. The summed E-state index contributed by atoms with van der Waals surface area (Å²) < 4.78 is 3.53. The minimum absolute atomic E-state index is 0.172. The molecule has 1 amide bonds. The molecule has 0 aliphatic heterocycles. The summed E-state index contributed by atoms with van der Waals surface area (Å²) in [5.41, 5.74) is 5.98. The quantitative estimate of drug-likeness (QED) is 0.835. The third-order valence-corrected chi connectivity index (χ3v) is 3.22. The van der Waals surface area contributed by atoms with Crippen LogP contribution in [-0.4, -0.2) is 25.7 Å². The van der Waals surface area contributed by atoms with Crippen molar-refractivity contribution in [3.63, 3.8) is 0 Å². The van der Waals surface area contributed by atoms with Gasteiger partial charge in [0, 0.05) is 16.9 Å². The van der Waals surface area contributed by atoms with Crippen LogP contribution in [0.5, 0.6) is 0 Å². The highest BCUT2D eigenvalue weighted by Crippen LogP contribution is 2.16. The maximum Gasteiger partial charge on any atom is 0.277 e. The van der Waals surface area contributed by atoms with E-state index in [-0.39, 0.29) is 11.9 Å². The molecule has 16 heavy (non-hydrogen) atoms. The molecular weight excluding hydrogens is 248 g/mol. The van der Waals surface area contributed by atoms with Gasteiger partial charge in [0.2, 0.25) is 5.13 Å². The van der Waals surface area contributed by atoms with Crippen LogP contribution in [0.3, 0.4) is 0 Å². The molecule has 2 heterocycles. The number of anilines is 1. The topological polar surface area (TPSA) is 107 Å². The van der Waals surface area contributed by atoms with Gasteiger partial charge in [-0.15, -0.1) is 11.3 Å². The predicted molar refractivity (Wildman–Crippen MR) is 60.4 cm³/mol. The van der Waals surface area contributed by atoms with E-state index >= 15 is 0 Å². The summed E-state index contributed by atoms with van der Waals surface area (Å²) in [4.78, 5) is 15.8. The Morgan fingerprint density at radius 1 is 1.62 bits per heavy atom. The molecule has 3 N–H and O–H groups in total. The zero-order valence-electron chi connectivity index (χ0n) is 8.25. The monoisotopic (exact) mass is 256 g/mol. The molecule has 0 aromatic carbocycles. The molecule has 2 aromatic heterocycles. The lowest BCUT2D eigenvalue weighted by Crippen LogP contribution is -2.13. The summed E-state index contributed by atoms with van der Waals surface area (Å²) in [5.74, 6) is -0.332. The lowest BCUT2D eigenvalue weighted by molar-refractivity contribution is 0.102. The summed E-state index contributed by atoms with van der Waals surface area (Å²) in [6, 6.07) is -0.172. The Morgan fingerprint density at radius 2 is 2.44 bits per heavy atom. The SMILES string of the molecule is CC(N)c1nc(C(=O)Nc2nnns2)cs1. The van der Waals surface area contributed by atoms with E-state index in [1.165, 1.54) is 11.3 Å². The second-order valence-electron chi connectivity index (χ2n) is 2.98. The summed E-state index contributed by atoms with van der Waals surface area (Å²) in [6.45, 7) is 1.81. The molecule has 7 nitrogen and oxygen atoms in total. The fraction of sp³-hybridized carbons (Fsp3) is 0.286. The summed E-state index contributed by atoms with van der Waals surface area (Å²) in [7, 11) is 0. The lowest BCUT2D eigenvalue weighted by Gasteiger charge is -1.97. The number of aromatic nitrogens is 4. The predicted octanol–water partition coefficient (Wildman–Crippen LogP) is 0.662. The third kappa shape index (κ3) is 2.38. The fourth-order valence-electron chi connectivity index (χ4n) is 0.944. The zero-order valence-corrected chi connectivity index (χ0v) is 9.88. The molecule has 0 spiro atoms. The van der Waals surface area contributed by atoms with Gasteiger partial charge in [0.1, 0.15) is 10.7 Å². The molecule has 0 aliphatic rings. The molecule has 0 radical (unpaired) electrons. The van der Waals surface area contributed by atoms with Crippen LogP contribution >= 0.6 is 22.9 Å². The number of thiazole rings is 1. The number of hydrogen-bond donors (Lipinski definition) is 2. The van der Waals surface area contributed by atoms with Crippen LogP contribution in [0.2, 0.25) is 0 Å². The van der Waals surface area contributed by atoms with E-state index in [1.54, 1.807) is 5.38 Å². The third-order valence-electron chi connectivity index (χ3n) is 1.66. The molecule has 9 heteroatoms. The molecular formula is C7H8N6OS2. The molecule has 0 bridgehead atoms. The first-order chi connectivity index (χ1) is 7.66. The number of amides is 1. The number of nitrogens with two attached hydrogens (primary N) is 1. The molecule has 84 valence electrons. The van der Waals surface area contributed by atoms with Gasteiger partial charge < -0.3 is 5.73 Å². The summed E-state index contributed by atoms with van der Waals surface area (Å²) in [6.07, 6.45) is 0. The number of carbonyl (C=O) groups is 1. The maximum atomic E-state index is 11.7. The smallest absolute Gasteiger partial charge is 0.277 e. The van der Waals surface area contributed by atoms with Crippen molar-refractivity contribution in [3.05, 3.63) is 16.1 Å². The van der Waals surface area contributed by atoms with Crippen LogP contribution in [0, 0.1) is 0 Å². The van der Waals surface area contributed by atoms with Crippen molar-refractivity contribution in [2.24, 2.45) is 5.73 Å². The number of carbonyl (C=O) groups excluding carboxylic acids is 1. The first-order valence-electron chi connectivity index (χ1n) is 4.34. The minimum Gasteiger partial charge on any atom is -0.322 e. The number of nitrogens with one attached hydrogen (secondary N) is 1. The molecule has 0 fully saturated rings. The van der Waals surface area contributed by atoms with Gasteiger partial charge in [-0.25, -0.2) is 4.98 Å². The first-order valence-corrected chi connectivity index (χ1v) is 5.99. The van der Waals surface area contributed by atoms with E-state index < -0.39 is 0 Å². The van der Waals surface area contributed by atoms with E-state index in [0.29, 0.717) is 10.8 Å². The molecule has 0 saturated heterocycles. The Morgan fingerprint density at radius 3 is 3.00 bits per heavy atom. The molecule has 0 saturated carbocycles. The molecule has 0 aliphatic carbocycles. The van der Waals surface area contributed by atoms with Gasteiger partial charge in [-0.05, 0) is 12.1 Å². The number of rotatable bonds is 3. The van der Waals surface area contributed by atoms with Gasteiger partial charge in [0.15, 0.2) is 0 Å². The van der Waals surface area contributed by atoms with Gasteiger partial charge in [-0.3, -0.25) is 10.1 Å². The Balaban J connectivity index is 2.09. The van der Waals surface area contributed by atoms with Gasteiger partial charge in [0.25, 0.3) is 5.91 Å². The number of hydrogen-bond acceptors (Lipinski definition) is 8. The average Bonchev–Trinajstić information content (AvgIpc) is 2.86. The lowest BCUT2D eigenvalue weighted by atomic mass is 10.4. The van der Waals surface area contributed by atoms with Crippen molar-refractivity contribution in [3.8, 4) is 0 Å². The van der Waals surface area contributed by atoms with Gasteiger partial charge in [0.05, 0.1) is 6.04 Å². The van der Waals surface area contributed by atoms with Crippen LogP contribution < -0.4 is 11.1 Å². The largest absolute Gasteiger partial charge is 0.322 e. The molecule has 1 unspecified atom stereocenters. The van der Waals surface area contributed by atoms with E-state index in [1.807, 2.05) is 6.92 Å². The highest BCUT2D eigenvalue weighted by Gasteiger charge is 2.14. The van der Waals surface area contributed by atoms with Gasteiger partial charge >= 0.3 is 0 Å². The van der Waals surface area contributed by atoms with E-state index in [0.717, 1.165) is 16.5 Å². The summed E-state index contributed by atoms with van der Waals surface area (Å²) in [5, 5.41) is 12.2. The first kappa shape index (κ1) is 11.0. The van der Waals surface area contributed by atoms with Crippen LogP contribution in [0.1, 0.15) is 28.5 Å². The zero-order chi connectivity index (χ0) is 11.5. The Labute approximate surface area is 98.9 Å².